The second kappa shape index (κ2) is 5.76. The molecule has 8 heteroatoms. The SMILES string of the molecule is O=C([O-])c1cn(Oc2ccc(F)cc2)nn1.[Na+]. The van der Waals surface area contributed by atoms with Crippen molar-refractivity contribution in [2.75, 3.05) is 0 Å². The Hall–Kier alpha value is -1.44. The number of carboxylic acid groups (broad SMARTS) is 1. The Morgan fingerprint density at radius 3 is 2.53 bits per heavy atom. The molecule has 2 aromatic rings. The molecule has 0 unspecified atom stereocenters. The molecule has 2 rings (SSSR count). The molecule has 82 valence electrons. The minimum Gasteiger partial charge on any atom is -0.543 e. The zero-order valence-corrected chi connectivity index (χ0v) is 10.8. The van der Waals surface area contributed by atoms with Crippen molar-refractivity contribution in [2.24, 2.45) is 0 Å². The van der Waals surface area contributed by atoms with Crippen molar-refractivity contribution in [1.29, 1.82) is 0 Å². The summed E-state index contributed by atoms with van der Waals surface area (Å²) in [4.78, 5) is 16.3. The maximum atomic E-state index is 12.6. The average molecular weight is 245 g/mol. The maximum absolute atomic E-state index is 12.6. The minimum absolute atomic E-state index is 0. The number of hydrogen-bond donors (Lipinski definition) is 0. The predicted molar refractivity (Wildman–Crippen MR) is 46.8 cm³/mol. The Morgan fingerprint density at radius 2 is 2.00 bits per heavy atom. The van der Waals surface area contributed by atoms with Crippen molar-refractivity contribution in [1.82, 2.24) is 15.2 Å². The van der Waals surface area contributed by atoms with Crippen LogP contribution in [0.1, 0.15) is 10.5 Å². The minimum atomic E-state index is -1.45. The Kier molecular flexibility index (Phi) is 4.62. The number of aromatic nitrogens is 3. The molecule has 0 bridgehead atoms. The third kappa shape index (κ3) is 3.52. The molecule has 0 spiro atoms. The van der Waals surface area contributed by atoms with E-state index in [9.17, 15) is 14.3 Å². The van der Waals surface area contributed by atoms with Crippen molar-refractivity contribution in [2.45, 2.75) is 0 Å². The number of carbonyl (C=O) groups excluding carboxylic acids is 1. The molecule has 1 aromatic carbocycles. The molecule has 0 aliphatic carbocycles. The van der Waals surface area contributed by atoms with Gasteiger partial charge in [0.2, 0.25) is 0 Å². The van der Waals surface area contributed by atoms with Crippen LogP contribution >= 0.6 is 0 Å². The first-order valence-corrected chi connectivity index (χ1v) is 4.23. The molecule has 0 amide bonds. The van der Waals surface area contributed by atoms with Crippen molar-refractivity contribution < 1.29 is 48.7 Å². The Labute approximate surface area is 117 Å². The molecule has 0 aliphatic heterocycles. The number of rotatable bonds is 3. The van der Waals surface area contributed by atoms with Crippen molar-refractivity contribution >= 4 is 5.97 Å². The van der Waals surface area contributed by atoms with Crippen LogP contribution in [-0.2, 0) is 0 Å². The molecule has 0 aliphatic rings. The van der Waals surface area contributed by atoms with Gasteiger partial charge in [0.15, 0.2) is 5.75 Å². The van der Waals surface area contributed by atoms with Crippen LogP contribution in [0.4, 0.5) is 4.39 Å². The van der Waals surface area contributed by atoms with Crippen LogP contribution in [0.15, 0.2) is 30.5 Å². The smallest absolute Gasteiger partial charge is 0.543 e. The van der Waals surface area contributed by atoms with E-state index in [2.05, 4.69) is 10.3 Å². The van der Waals surface area contributed by atoms with Gasteiger partial charge in [-0.15, -0.1) is 5.10 Å². The Morgan fingerprint density at radius 1 is 1.35 bits per heavy atom. The van der Waals surface area contributed by atoms with E-state index in [1.807, 2.05) is 0 Å². The average Bonchev–Trinajstić information content (AvgIpc) is 2.70. The summed E-state index contributed by atoms with van der Waals surface area (Å²) in [7, 11) is 0. The van der Waals surface area contributed by atoms with Gasteiger partial charge in [0.25, 0.3) is 0 Å². The van der Waals surface area contributed by atoms with E-state index in [-0.39, 0.29) is 35.3 Å². The molecule has 1 aromatic heterocycles. The van der Waals surface area contributed by atoms with E-state index < -0.39 is 11.8 Å². The number of halogens is 1. The van der Waals surface area contributed by atoms with E-state index >= 15 is 0 Å². The number of aromatic carboxylic acids is 1. The van der Waals surface area contributed by atoms with E-state index in [0.29, 0.717) is 5.75 Å². The van der Waals surface area contributed by atoms with Gasteiger partial charge in [0.1, 0.15) is 11.5 Å². The summed E-state index contributed by atoms with van der Waals surface area (Å²) >= 11 is 0. The molecule has 6 nitrogen and oxygen atoms in total. The molecule has 0 radical (unpaired) electrons. The summed E-state index contributed by atoms with van der Waals surface area (Å²) in [6, 6.07) is 5.14. The summed E-state index contributed by atoms with van der Waals surface area (Å²) < 4.78 is 12.6. The van der Waals surface area contributed by atoms with Crippen LogP contribution in [0.2, 0.25) is 0 Å². The van der Waals surface area contributed by atoms with E-state index in [1.54, 1.807) is 0 Å². The predicted octanol–water partition coefficient (Wildman–Crippen LogP) is -3.37. The van der Waals surface area contributed by atoms with Gasteiger partial charge >= 0.3 is 29.6 Å². The van der Waals surface area contributed by atoms with Crippen LogP contribution in [0.3, 0.4) is 0 Å². The second-order valence-electron chi connectivity index (χ2n) is 2.84. The summed E-state index contributed by atoms with van der Waals surface area (Å²) in [6.45, 7) is 0. The third-order valence-electron chi connectivity index (χ3n) is 1.70. The van der Waals surface area contributed by atoms with Gasteiger partial charge in [-0.2, -0.15) is 0 Å². The van der Waals surface area contributed by atoms with Crippen LogP contribution in [-0.4, -0.2) is 21.1 Å². The van der Waals surface area contributed by atoms with Crippen molar-refractivity contribution in [3.63, 3.8) is 0 Å². The van der Waals surface area contributed by atoms with Gasteiger partial charge in [-0.05, 0) is 29.5 Å². The van der Waals surface area contributed by atoms with Crippen LogP contribution in [0.5, 0.6) is 5.75 Å². The molecule has 0 saturated heterocycles. The first kappa shape index (κ1) is 13.6. The van der Waals surface area contributed by atoms with Gasteiger partial charge in [0.05, 0.1) is 12.2 Å². The normalized spacial score (nSPS) is 9.47. The standard InChI is InChI=1S/C9H6FN3O3.Na/c10-6-1-3-7(4-2-6)16-13-5-8(9(14)15)11-12-13;/h1-5H,(H,14,15);/q;+1/p-1. The molecular weight excluding hydrogens is 240 g/mol. The molecular formula is C9H5FN3NaO3. The number of carbonyl (C=O) groups is 1. The topological polar surface area (TPSA) is 80.1 Å². The summed E-state index contributed by atoms with van der Waals surface area (Å²) in [6.07, 6.45) is 1.04. The number of benzene rings is 1. The molecule has 0 N–H and O–H groups in total. The van der Waals surface area contributed by atoms with Crippen molar-refractivity contribution in [3.8, 4) is 5.75 Å². The molecule has 17 heavy (non-hydrogen) atoms. The summed E-state index contributed by atoms with van der Waals surface area (Å²) in [5.74, 6) is -1.55. The van der Waals surface area contributed by atoms with E-state index in [4.69, 9.17) is 4.84 Å². The Balaban J connectivity index is 0.00000144. The molecule has 0 atom stereocenters. The first-order valence-electron chi connectivity index (χ1n) is 4.23. The summed E-state index contributed by atoms with van der Waals surface area (Å²) in [5.41, 5.74) is -0.345. The van der Waals surface area contributed by atoms with E-state index in [0.717, 1.165) is 11.0 Å². The fraction of sp³-hybridized carbons (Fsp3) is 0. The van der Waals surface area contributed by atoms with Gasteiger partial charge in [-0.3, -0.25) is 0 Å². The van der Waals surface area contributed by atoms with Gasteiger partial charge < -0.3 is 14.7 Å². The van der Waals surface area contributed by atoms with Gasteiger partial charge in [-0.25, -0.2) is 4.39 Å². The van der Waals surface area contributed by atoms with Gasteiger partial charge in [-0.1, -0.05) is 4.85 Å². The quantitative estimate of drug-likeness (QED) is 0.527. The van der Waals surface area contributed by atoms with Gasteiger partial charge in [0, 0.05) is 0 Å². The second-order valence-corrected chi connectivity index (χ2v) is 2.84. The largest absolute Gasteiger partial charge is 1.00 e. The molecule has 0 fully saturated rings. The third-order valence-corrected chi connectivity index (χ3v) is 1.70. The summed E-state index contributed by atoms with van der Waals surface area (Å²) in [5, 5.41) is 17.0. The number of carboxylic acids is 1. The van der Waals surface area contributed by atoms with Crippen LogP contribution in [0, 0.1) is 5.82 Å². The molecule has 1 heterocycles. The zero-order chi connectivity index (χ0) is 11.5. The van der Waals surface area contributed by atoms with E-state index in [1.165, 1.54) is 24.3 Å². The van der Waals surface area contributed by atoms with Crippen LogP contribution < -0.4 is 39.5 Å². The Bertz CT molecular complexity index is 514. The monoisotopic (exact) mass is 245 g/mol. The van der Waals surface area contributed by atoms with Crippen LogP contribution in [0.25, 0.3) is 0 Å². The zero-order valence-electron chi connectivity index (χ0n) is 8.83. The number of hydrogen-bond acceptors (Lipinski definition) is 5. The first-order chi connectivity index (χ1) is 7.65. The fourth-order valence-electron chi connectivity index (χ4n) is 0.990. The number of nitrogens with zero attached hydrogens (tertiary/aromatic N) is 3. The fourth-order valence-corrected chi connectivity index (χ4v) is 0.990. The molecule has 0 saturated carbocycles. The maximum Gasteiger partial charge on any atom is 1.00 e. The van der Waals surface area contributed by atoms with Crippen molar-refractivity contribution in [3.05, 3.63) is 42.0 Å².